The largest absolute Gasteiger partial charge is 0.307 e. The van der Waals surface area contributed by atoms with E-state index in [4.69, 9.17) is 0 Å². The van der Waals surface area contributed by atoms with E-state index in [0.29, 0.717) is 6.04 Å². The molecule has 0 aromatic heterocycles. The second kappa shape index (κ2) is 7.01. The molecular formula is C16H25FN2. The predicted molar refractivity (Wildman–Crippen MR) is 77.7 cm³/mol. The molecule has 1 fully saturated rings. The molecule has 2 nitrogen and oxygen atoms in total. The van der Waals surface area contributed by atoms with Crippen molar-refractivity contribution >= 4 is 0 Å². The fourth-order valence-corrected chi connectivity index (χ4v) is 2.89. The summed E-state index contributed by atoms with van der Waals surface area (Å²) in [5, 5.41) is 3.64. The number of piperidine rings is 1. The molecule has 1 N–H and O–H groups in total. The molecule has 0 amide bonds. The molecule has 1 aliphatic rings. The first-order valence-electron chi connectivity index (χ1n) is 7.47. The molecule has 0 radical (unpaired) electrons. The molecule has 0 saturated carbocycles. The van der Waals surface area contributed by atoms with Crippen molar-refractivity contribution in [3.05, 3.63) is 35.6 Å². The normalized spacial score (nSPS) is 19.5. The van der Waals surface area contributed by atoms with Crippen LogP contribution in [0.3, 0.4) is 0 Å². The van der Waals surface area contributed by atoms with Gasteiger partial charge in [-0.05, 0) is 45.0 Å². The molecule has 19 heavy (non-hydrogen) atoms. The third kappa shape index (κ3) is 3.77. The molecule has 1 aromatic rings. The van der Waals surface area contributed by atoms with Crippen LogP contribution in [0.25, 0.3) is 0 Å². The first-order valence-corrected chi connectivity index (χ1v) is 7.47. The highest BCUT2D eigenvalue weighted by molar-refractivity contribution is 5.21. The summed E-state index contributed by atoms with van der Waals surface area (Å²) >= 11 is 0. The van der Waals surface area contributed by atoms with E-state index >= 15 is 0 Å². The zero-order valence-corrected chi connectivity index (χ0v) is 12.0. The van der Waals surface area contributed by atoms with Gasteiger partial charge in [-0.25, -0.2) is 4.39 Å². The van der Waals surface area contributed by atoms with Crippen LogP contribution < -0.4 is 5.32 Å². The number of nitrogens with one attached hydrogen (secondary N) is 1. The monoisotopic (exact) mass is 264 g/mol. The Balaban J connectivity index is 1.95. The molecule has 0 aliphatic carbocycles. The molecule has 1 saturated heterocycles. The van der Waals surface area contributed by atoms with Gasteiger partial charge in [0.2, 0.25) is 0 Å². The van der Waals surface area contributed by atoms with Gasteiger partial charge in [-0.3, -0.25) is 0 Å². The van der Waals surface area contributed by atoms with Gasteiger partial charge in [0.25, 0.3) is 0 Å². The summed E-state index contributed by atoms with van der Waals surface area (Å²) in [6.45, 7) is 7.77. The molecular weight excluding hydrogens is 239 g/mol. The lowest BCUT2D eigenvalue weighted by atomic mass is 9.99. The lowest BCUT2D eigenvalue weighted by Crippen LogP contribution is -2.43. The summed E-state index contributed by atoms with van der Waals surface area (Å²) in [5.74, 6) is -0.0900. The molecule has 1 atom stereocenters. The predicted octanol–water partition coefficient (Wildman–Crippen LogP) is 3.35. The maximum absolute atomic E-state index is 13.8. The second-order valence-corrected chi connectivity index (χ2v) is 5.36. The zero-order chi connectivity index (χ0) is 13.7. The summed E-state index contributed by atoms with van der Waals surface area (Å²) in [5.41, 5.74) is 0.808. The highest BCUT2D eigenvalue weighted by atomic mass is 19.1. The summed E-state index contributed by atoms with van der Waals surface area (Å²) in [6.07, 6.45) is 3.26. The van der Waals surface area contributed by atoms with Gasteiger partial charge in [0, 0.05) is 17.6 Å². The SMILES string of the molecule is CC[C@H](NC1CCN(CC)CC1)c1ccccc1F. The van der Waals surface area contributed by atoms with Gasteiger partial charge in [0.1, 0.15) is 5.82 Å². The van der Waals surface area contributed by atoms with E-state index in [0.717, 1.165) is 31.6 Å². The Kier molecular flexibility index (Phi) is 5.34. The second-order valence-electron chi connectivity index (χ2n) is 5.36. The lowest BCUT2D eigenvalue weighted by Gasteiger charge is -2.34. The minimum atomic E-state index is -0.0900. The van der Waals surface area contributed by atoms with Gasteiger partial charge < -0.3 is 10.2 Å². The smallest absolute Gasteiger partial charge is 0.127 e. The van der Waals surface area contributed by atoms with Crippen molar-refractivity contribution in [3.8, 4) is 0 Å². The van der Waals surface area contributed by atoms with E-state index in [1.54, 1.807) is 12.1 Å². The fraction of sp³-hybridized carbons (Fsp3) is 0.625. The highest BCUT2D eigenvalue weighted by Gasteiger charge is 2.22. The van der Waals surface area contributed by atoms with E-state index in [9.17, 15) is 4.39 Å². The summed E-state index contributed by atoms with van der Waals surface area (Å²) in [6, 6.07) is 7.79. The van der Waals surface area contributed by atoms with Crippen molar-refractivity contribution in [1.82, 2.24) is 10.2 Å². The van der Waals surface area contributed by atoms with Crippen LogP contribution >= 0.6 is 0 Å². The van der Waals surface area contributed by atoms with Gasteiger partial charge in [0.05, 0.1) is 0 Å². The number of benzene rings is 1. The van der Waals surface area contributed by atoms with Crippen LogP contribution in [0.5, 0.6) is 0 Å². The molecule has 0 unspecified atom stereocenters. The minimum Gasteiger partial charge on any atom is -0.307 e. The van der Waals surface area contributed by atoms with Crippen LogP contribution in [0.15, 0.2) is 24.3 Å². The quantitative estimate of drug-likeness (QED) is 0.877. The number of hydrogen-bond acceptors (Lipinski definition) is 2. The van der Waals surface area contributed by atoms with Crippen LogP contribution in [0, 0.1) is 5.82 Å². The van der Waals surface area contributed by atoms with Crippen molar-refractivity contribution in [2.45, 2.75) is 45.2 Å². The zero-order valence-electron chi connectivity index (χ0n) is 12.0. The molecule has 106 valence electrons. The van der Waals surface area contributed by atoms with Crippen molar-refractivity contribution in [2.75, 3.05) is 19.6 Å². The maximum Gasteiger partial charge on any atom is 0.127 e. The number of nitrogens with zero attached hydrogens (tertiary/aromatic N) is 1. The number of halogens is 1. The van der Waals surface area contributed by atoms with Crippen molar-refractivity contribution in [3.63, 3.8) is 0 Å². The molecule has 1 aliphatic heterocycles. The number of hydrogen-bond donors (Lipinski definition) is 1. The van der Waals surface area contributed by atoms with Gasteiger partial charge >= 0.3 is 0 Å². The van der Waals surface area contributed by atoms with Crippen LogP contribution in [0.2, 0.25) is 0 Å². The lowest BCUT2D eigenvalue weighted by molar-refractivity contribution is 0.197. The number of likely N-dealkylation sites (tertiary alicyclic amines) is 1. The summed E-state index contributed by atoms with van der Waals surface area (Å²) < 4.78 is 13.8. The molecule has 1 heterocycles. The van der Waals surface area contributed by atoms with Gasteiger partial charge in [-0.15, -0.1) is 0 Å². The first-order chi connectivity index (χ1) is 9.24. The molecule has 0 spiro atoms. The first kappa shape index (κ1) is 14.5. The molecule has 3 heteroatoms. The Labute approximate surface area is 116 Å². The van der Waals surface area contributed by atoms with E-state index < -0.39 is 0 Å². The van der Waals surface area contributed by atoms with E-state index in [1.807, 2.05) is 12.1 Å². The van der Waals surface area contributed by atoms with E-state index in [-0.39, 0.29) is 11.9 Å². The van der Waals surface area contributed by atoms with E-state index in [1.165, 1.54) is 12.8 Å². The van der Waals surface area contributed by atoms with Crippen LogP contribution in [-0.2, 0) is 0 Å². The van der Waals surface area contributed by atoms with Gasteiger partial charge in [-0.1, -0.05) is 32.0 Å². The minimum absolute atomic E-state index is 0.0900. The van der Waals surface area contributed by atoms with Crippen LogP contribution in [0.4, 0.5) is 4.39 Å². The summed E-state index contributed by atoms with van der Waals surface area (Å²) in [7, 11) is 0. The topological polar surface area (TPSA) is 15.3 Å². The molecule has 2 rings (SSSR count). The molecule has 1 aromatic carbocycles. The van der Waals surface area contributed by atoms with Gasteiger partial charge in [-0.2, -0.15) is 0 Å². The highest BCUT2D eigenvalue weighted by Crippen LogP contribution is 2.22. The van der Waals surface area contributed by atoms with Crippen LogP contribution in [-0.4, -0.2) is 30.6 Å². The Morgan fingerprint density at radius 1 is 1.26 bits per heavy atom. The average molecular weight is 264 g/mol. The van der Waals surface area contributed by atoms with E-state index in [2.05, 4.69) is 24.1 Å². The third-order valence-electron chi connectivity index (χ3n) is 4.16. The average Bonchev–Trinajstić information content (AvgIpc) is 2.46. The molecule has 0 bridgehead atoms. The Hall–Kier alpha value is -0.930. The Morgan fingerprint density at radius 3 is 2.53 bits per heavy atom. The Bertz CT molecular complexity index is 386. The fourth-order valence-electron chi connectivity index (χ4n) is 2.89. The van der Waals surface area contributed by atoms with Crippen molar-refractivity contribution in [2.24, 2.45) is 0 Å². The Morgan fingerprint density at radius 2 is 1.95 bits per heavy atom. The maximum atomic E-state index is 13.8. The van der Waals surface area contributed by atoms with Crippen molar-refractivity contribution < 1.29 is 4.39 Å². The standard InChI is InChI=1S/C16H25FN2/c1-3-16(14-7-5-6-8-15(14)17)18-13-9-11-19(4-2)12-10-13/h5-8,13,16,18H,3-4,9-12H2,1-2H3/t16-/m0/s1. The third-order valence-corrected chi connectivity index (χ3v) is 4.16. The van der Waals surface area contributed by atoms with Crippen molar-refractivity contribution in [1.29, 1.82) is 0 Å². The van der Waals surface area contributed by atoms with Crippen LogP contribution in [0.1, 0.15) is 44.7 Å². The van der Waals surface area contributed by atoms with Gasteiger partial charge in [0.15, 0.2) is 0 Å². The summed E-state index contributed by atoms with van der Waals surface area (Å²) in [4.78, 5) is 2.47. The number of rotatable bonds is 5.